The zero-order chi connectivity index (χ0) is 15.2. The van der Waals surface area contributed by atoms with Crippen LogP contribution in [-0.4, -0.2) is 17.6 Å². The molecule has 1 aromatic carbocycles. The van der Waals surface area contributed by atoms with E-state index < -0.39 is 0 Å². The lowest BCUT2D eigenvalue weighted by Gasteiger charge is -2.06. The number of nitrogens with one attached hydrogen (secondary N) is 1. The van der Waals surface area contributed by atoms with Gasteiger partial charge in [0.05, 0.1) is 6.54 Å². The second-order valence-corrected chi connectivity index (χ2v) is 5.82. The number of aliphatic hydroxyl groups is 1. The highest BCUT2D eigenvalue weighted by Crippen LogP contribution is 2.14. The van der Waals surface area contributed by atoms with Crippen LogP contribution in [-0.2, 0) is 6.54 Å². The molecule has 0 aliphatic rings. The van der Waals surface area contributed by atoms with Crippen LogP contribution in [0, 0.1) is 25.7 Å². The molecule has 0 spiro atoms. The number of hydrogen-bond donors (Lipinski definition) is 2. The first-order valence-corrected chi connectivity index (χ1v) is 7.50. The molecule has 2 aromatic rings. The lowest BCUT2D eigenvalue weighted by molar-refractivity contribution is 0.0951. The maximum absolute atomic E-state index is 12.1. The van der Waals surface area contributed by atoms with E-state index in [9.17, 15) is 4.79 Å². The molecule has 21 heavy (non-hydrogen) atoms. The van der Waals surface area contributed by atoms with Gasteiger partial charge in [0.2, 0.25) is 0 Å². The smallest absolute Gasteiger partial charge is 0.251 e. The summed E-state index contributed by atoms with van der Waals surface area (Å²) in [6.45, 7) is 4.30. The van der Waals surface area contributed by atoms with Gasteiger partial charge >= 0.3 is 0 Å². The van der Waals surface area contributed by atoms with Crippen LogP contribution in [0.4, 0.5) is 0 Å². The van der Waals surface area contributed by atoms with E-state index in [1.54, 1.807) is 11.3 Å². The highest BCUT2D eigenvalue weighted by Gasteiger charge is 2.07. The molecule has 0 aliphatic heterocycles. The molecule has 0 radical (unpaired) electrons. The molecule has 0 atom stereocenters. The number of carbonyl (C=O) groups is 1. The van der Waals surface area contributed by atoms with Crippen molar-refractivity contribution in [1.29, 1.82) is 0 Å². The number of aliphatic hydroxyl groups excluding tert-OH is 1. The molecule has 2 N–H and O–H groups in total. The van der Waals surface area contributed by atoms with Crippen LogP contribution in [0.1, 0.15) is 31.9 Å². The standard InChI is InChI=1S/C17H17NO2S/c1-12-6-13(2)8-15(7-12)17(20)18-10-16-9-14(11-21-16)4-3-5-19/h6-9,11,19H,5,10H2,1-2H3,(H,18,20). The van der Waals surface area contributed by atoms with E-state index in [2.05, 4.69) is 17.2 Å². The first kappa shape index (κ1) is 15.3. The summed E-state index contributed by atoms with van der Waals surface area (Å²) in [5.74, 6) is 5.38. The van der Waals surface area contributed by atoms with Crippen molar-refractivity contribution in [1.82, 2.24) is 5.32 Å². The molecule has 1 heterocycles. The van der Waals surface area contributed by atoms with E-state index in [1.165, 1.54) is 0 Å². The SMILES string of the molecule is Cc1cc(C)cc(C(=O)NCc2cc(C#CCO)cs2)c1. The number of thiophene rings is 1. The van der Waals surface area contributed by atoms with Gasteiger partial charge in [0.25, 0.3) is 5.91 Å². The normalized spacial score (nSPS) is 9.86. The molecule has 4 heteroatoms. The van der Waals surface area contributed by atoms with Crippen molar-refractivity contribution in [2.75, 3.05) is 6.61 Å². The molecule has 0 aliphatic carbocycles. The van der Waals surface area contributed by atoms with Crippen LogP contribution in [0.5, 0.6) is 0 Å². The summed E-state index contributed by atoms with van der Waals surface area (Å²) in [4.78, 5) is 13.2. The monoisotopic (exact) mass is 299 g/mol. The topological polar surface area (TPSA) is 49.3 Å². The average Bonchev–Trinajstić information content (AvgIpc) is 2.89. The van der Waals surface area contributed by atoms with Crippen LogP contribution in [0.3, 0.4) is 0 Å². The molecule has 0 saturated carbocycles. The molecule has 0 fully saturated rings. The number of aryl methyl sites for hydroxylation is 2. The molecule has 0 unspecified atom stereocenters. The third kappa shape index (κ3) is 4.45. The van der Waals surface area contributed by atoms with E-state index in [-0.39, 0.29) is 12.5 Å². The quantitative estimate of drug-likeness (QED) is 0.856. The highest BCUT2D eigenvalue weighted by molar-refractivity contribution is 7.10. The summed E-state index contributed by atoms with van der Waals surface area (Å²) >= 11 is 1.54. The number of rotatable bonds is 3. The van der Waals surface area contributed by atoms with Crippen molar-refractivity contribution < 1.29 is 9.90 Å². The second kappa shape index (κ2) is 7.07. The minimum atomic E-state index is -0.144. The van der Waals surface area contributed by atoms with Crippen molar-refractivity contribution in [3.05, 3.63) is 56.8 Å². The highest BCUT2D eigenvalue weighted by atomic mass is 32.1. The summed E-state index contributed by atoms with van der Waals surface area (Å²) in [6.07, 6.45) is 0. The summed E-state index contributed by atoms with van der Waals surface area (Å²) in [6, 6.07) is 7.74. The fraction of sp³-hybridized carbons (Fsp3) is 0.235. The summed E-state index contributed by atoms with van der Waals surface area (Å²) in [7, 11) is 0. The molecular weight excluding hydrogens is 282 g/mol. The van der Waals surface area contributed by atoms with Crippen molar-refractivity contribution in [2.45, 2.75) is 20.4 Å². The summed E-state index contributed by atoms with van der Waals surface area (Å²) in [5, 5.41) is 13.5. The van der Waals surface area contributed by atoms with E-state index in [4.69, 9.17) is 5.11 Å². The van der Waals surface area contributed by atoms with E-state index in [0.717, 1.165) is 21.6 Å². The van der Waals surface area contributed by atoms with Gasteiger partial charge in [-0.25, -0.2) is 0 Å². The Kier molecular flexibility index (Phi) is 5.15. The van der Waals surface area contributed by atoms with Gasteiger partial charge in [-0.2, -0.15) is 0 Å². The van der Waals surface area contributed by atoms with Gasteiger partial charge in [-0.15, -0.1) is 11.3 Å². The lowest BCUT2D eigenvalue weighted by atomic mass is 10.1. The largest absolute Gasteiger partial charge is 0.384 e. The first-order valence-electron chi connectivity index (χ1n) is 6.62. The van der Waals surface area contributed by atoms with Gasteiger partial charge in [-0.1, -0.05) is 29.0 Å². The van der Waals surface area contributed by atoms with Crippen molar-refractivity contribution in [2.24, 2.45) is 0 Å². The van der Waals surface area contributed by atoms with E-state index >= 15 is 0 Å². The third-order valence-electron chi connectivity index (χ3n) is 2.87. The van der Waals surface area contributed by atoms with Crippen LogP contribution in [0.15, 0.2) is 29.6 Å². The summed E-state index contributed by atoms with van der Waals surface area (Å²) < 4.78 is 0. The number of amides is 1. The van der Waals surface area contributed by atoms with Gasteiger partial charge < -0.3 is 10.4 Å². The Bertz CT molecular complexity index is 687. The lowest BCUT2D eigenvalue weighted by Crippen LogP contribution is -2.22. The van der Waals surface area contributed by atoms with Crippen LogP contribution in [0.2, 0.25) is 0 Å². The van der Waals surface area contributed by atoms with E-state index in [1.807, 2.05) is 43.5 Å². The Morgan fingerprint density at radius 2 is 1.95 bits per heavy atom. The molecule has 3 nitrogen and oxygen atoms in total. The van der Waals surface area contributed by atoms with E-state index in [0.29, 0.717) is 12.1 Å². The maximum atomic E-state index is 12.1. The van der Waals surface area contributed by atoms with Gasteiger partial charge in [-0.3, -0.25) is 4.79 Å². The van der Waals surface area contributed by atoms with Gasteiger partial charge in [0.15, 0.2) is 0 Å². The van der Waals surface area contributed by atoms with Gasteiger partial charge in [0.1, 0.15) is 6.61 Å². The Morgan fingerprint density at radius 3 is 2.62 bits per heavy atom. The van der Waals surface area contributed by atoms with Gasteiger partial charge in [0, 0.05) is 21.4 Å². The molecule has 1 aromatic heterocycles. The molecule has 2 rings (SSSR count). The van der Waals surface area contributed by atoms with Crippen LogP contribution >= 0.6 is 11.3 Å². The number of benzene rings is 1. The van der Waals surface area contributed by atoms with Crippen molar-refractivity contribution in [3.8, 4) is 11.8 Å². The van der Waals surface area contributed by atoms with Gasteiger partial charge in [-0.05, 0) is 32.0 Å². The second-order valence-electron chi connectivity index (χ2n) is 4.82. The van der Waals surface area contributed by atoms with Crippen LogP contribution < -0.4 is 5.32 Å². The third-order valence-corrected chi connectivity index (χ3v) is 3.81. The molecule has 108 valence electrons. The predicted molar refractivity (Wildman–Crippen MR) is 85.4 cm³/mol. The molecular formula is C17H17NO2S. The fourth-order valence-corrected chi connectivity index (χ4v) is 2.81. The maximum Gasteiger partial charge on any atom is 0.251 e. The Balaban J connectivity index is 1.99. The molecule has 0 bridgehead atoms. The number of carbonyl (C=O) groups excluding carboxylic acids is 1. The average molecular weight is 299 g/mol. The minimum Gasteiger partial charge on any atom is -0.384 e. The summed E-state index contributed by atoms with van der Waals surface area (Å²) in [5.41, 5.74) is 3.71. The molecule has 1 amide bonds. The Hall–Kier alpha value is -2.09. The Labute approximate surface area is 128 Å². The predicted octanol–water partition coefficient (Wildman–Crippen LogP) is 2.64. The van der Waals surface area contributed by atoms with Crippen molar-refractivity contribution in [3.63, 3.8) is 0 Å². The zero-order valence-electron chi connectivity index (χ0n) is 12.1. The first-order chi connectivity index (χ1) is 10.1. The zero-order valence-corrected chi connectivity index (χ0v) is 12.9. The van der Waals surface area contributed by atoms with Crippen molar-refractivity contribution >= 4 is 17.2 Å². The molecule has 0 saturated heterocycles. The number of hydrogen-bond acceptors (Lipinski definition) is 3. The minimum absolute atomic E-state index is 0.0711. The van der Waals surface area contributed by atoms with Crippen LogP contribution in [0.25, 0.3) is 0 Å². The fourth-order valence-electron chi connectivity index (χ4n) is 2.06. The Morgan fingerprint density at radius 1 is 1.24 bits per heavy atom.